The molecule has 10 nitrogen and oxygen atoms in total. The lowest BCUT2D eigenvalue weighted by Crippen LogP contribution is -2.65. The molecule has 4 aliphatic rings. The van der Waals surface area contributed by atoms with Gasteiger partial charge in [0.2, 0.25) is 0 Å². The summed E-state index contributed by atoms with van der Waals surface area (Å²) in [4.78, 5) is 82.1. The third-order valence-corrected chi connectivity index (χ3v) is 14.0. The van der Waals surface area contributed by atoms with Crippen molar-refractivity contribution in [2.24, 2.45) is 39.4 Å². The van der Waals surface area contributed by atoms with E-state index in [-0.39, 0.29) is 36.7 Å². The minimum Gasteiger partial charge on any atom is -0.458 e. The third-order valence-electron chi connectivity index (χ3n) is 14.0. The fraction of sp³-hybridized carbons (Fsp3) is 0.522. The van der Waals surface area contributed by atoms with Crippen LogP contribution in [0.25, 0.3) is 0 Å². The predicted octanol–water partition coefficient (Wildman–Crippen LogP) is 7.23. The summed E-state index contributed by atoms with van der Waals surface area (Å²) in [5.41, 5.74) is -5.69. The lowest BCUT2D eigenvalue weighted by atomic mass is 9.38. The van der Waals surface area contributed by atoms with Crippen molar-refractivity contribution in [3.63, 3.8) is 0 Å². The molecule has 1 N–H and O–H groups in total. The Kier molecular flexibility index (Phi) is 10.3. The highest BCUT2D eigenvalue weighted by Crippen LogP contribution is 2.74. The number of fused-ring (bicyclic) bond motifs is 5. The molecule has 0 saturated heterocycles. The summed E-state index contributed by atoms with van der Waals surface area (Å²) in [6.45, 7) is 15.5. The Hall–Kier alpha value is -4.70. The molecule has 10 heteroatoms. The monoisotopic (exact) mass is 766 g/mol. The van der Waals surface area contributed by atoms with Gasteiger partial charge in [-0.25, -0.2) is 9.59 Å². The van der Waals surface area contributed by atoms with Crippen molar-refractivity contribution >= 4 is 35.3 Å². The standard InChI is InChI=1S/C46H54O10/c1-27(47)56-41(2,3)23-22-35(48)46(9,53)37-33(55-40(52)29-18-14-11-15-19-29)25-43(6)34-21-20-30-31(45(34,8)36(49)26-44(37,43)7)24-32(38(50)42(30,4)5)54-39(51)28-16-12-10-13-17-28/h10-20,22-23,31-34,37,53H,21,24-26H2,1-9H3/b23-22+/t31-,32+,33-,34+,37+,43+,44-,45+,46+/m1/s1. The Balaban J connectivity index is 1.41. The number of Topliss-reactive ketones (excluding diaryl/α,β-unsaturated/α-hetero) is 2. The zero-order chi connectivity index (χ0) is 41.2. The zero-order valence-corrected chi connectivity index (χ0v) is 33.8. The van der Waals surface area contributed by atoms with Crippen LogP contribution in [0.3, 0.4) is 0 Å². The first-order chi connectivity index (χ1) is 26.0. The molecule has 0 heterocycles. The van der Waals surface area contributed by atoms with Crippen LogP contribution in [0.4, 0.5) is 0 Å². The average Bonchev–Trinajstić information content (AvgIpc) is 3.35. The van der Waals surface area contributed by atoms with E-state index >= 15 is 4.79 Å². The highest BCUT2D eigenvalue weighted by molar-refractivity contribution is 5.99. The highest BCUT2D eigenvalue weighted by atomic mass is 16.6. The Labute approximate surface area is 329 Å². The second kappa shape index (κ2) is 14.0. The van der Waals surface area contributed by atoms with Gasteiger partial charge in [0.1, 0.15) is 23.1 Å². The summed E-state index contributed by atoms with van der Waals surface area (Å²) < 4.78 is 17.6. The molecule has 9 atom stereocenters. The van der Waals surface area contributed by atoms with E-state index in [9.17, 15) is 29.1 Å². The number of ether oxygens (including phenoxy) is 3. The summed E-state index contributed by atoms with van der Waals surface area (Å²) >= 11 is 0. The summed E-state index contributed by atoms with van der Waals surface area (Å²) in [7, 11) is 0. The van der Waals surface area contributed by atoms with E-state index in [4.69, 9.17) is 14.2 Å². The van der Waals surface area contributed by atoms with Gasteiger partial charge >= 0.3 is 17.9 Å². The van der Waals surface area contributed by atoms with Crippen molar-refractivity contribution in [1.82, 2.24) is 0 Å². The van der Waals surface area contributed by atoms with Crippen LogP contribution in [0.2, 0.25) is 0 Å². The van der Waals surface area contributed by atoms with Crippen molar-refractivity contribution in [3.8, 4) is 0 Å². The van der Waals surface area contributed by atoms with Crippen LogP contribution < -0.4 is 0 Å². The van der Waals surface area contributed by atoms with Crippen molar-refractivity contribution < 1.29 is 48.1 Å². The van der Waals surface area contributed by atoms with Crippen LogP contribution in [-0.2, 0) is 33.4 Å². The van der Waals surface area contributed by atoms with Crippen molar-refractivity contribution in [1.29, 1.82) is 0 Å². The number of hydrogen-bond acceptors (Lipinski definition) is 10. The Morgan fingerprint density at radius 1 is 0.821 bits per heavy atom. The van der Waals surface area contributed by atoms with Gasteiger partial charge in [-0.2, -0.15) is 0 Å². The average molecular weight is 767 g/mol. The third kappa shape index (κ3) is 6.57. The molecule has 3 fully saturated rings. The van der Waals surface area contributed by atoms with Crippen LogP contribution in [0.5, 0.6) is 0 Å². The Morgan fingerprint density at radius 2 is 1.38 bits per heavy atom. The van der Waals surface area contributed by atoms with Crippen LogP contribution in [0.1, 0.15) is 109 Å². The van der Waals surface area contributed by atoms with Gasteiger partial charge in [-0.15, -0.1) is 0 Å². The minimum absolute atomic E-state index is 0.0424. The second-order valence-corrected chi connectivity index (χ2v) is 18.2. The molecule has 0 bridgehead atoms. The summed E-state index contributed by atoms with van der Waals surface area (Å²) in [5, 5.41) is 12.5. The van der Waals surface area contributed by atoms with Gasteiger partial charge in [0, 0.05) is 30.1 Å². The molecule has 2 aromatic carbocycles. The molecule has 0 aromatic heterocycles. The molecule has 3 saturated carbocycles. The fourth-order valence-corrected chi connectivity index (χ4v) is 11.1. The van der Waals surface area contributed by atoms with Crippen molar-refractivity contribution in [2.45, 2.75) is 111 Å². The molecule has 298 valence electrons. The molecule has 0 radical (unpaired) electrons. The lowest BCUT2D eigenvalue weighted by molar-refractivity contribution is -0.183. The smallest absolute Gasteiger partial charge is 0.338 e. The lowest BCUT2D eigenvalue weighted by Gasteiger charge is -2.64. The Bertz CT molecular complexity index is 2010. The maximum atomic E-state index is 15.1. The molecular weight excluding hydrogens is 712 g/mol. The van der Waals surface area contributed by atoms with E-state index in [2.05, 4.69) is 13.0 Å². The SMILES string of the molecule is CC(=O)OC(C)(C)/C=C/C(=O)[C@](C)(O)[C@H]1[C@H](OC(=O)c2ccccc2)C[C@@]2(C)[C@@H]3CC=C4[C@@H](C[C@H](OC(=O)c5ccccc5)C(=O)C4(C)C)[C@]3(C)C(=O)C[C@]12C. The van der Waals surface area contributed by atoms with E-state index in [0.717, 1.165) is 5.57 Å². The van der Waals surface area contributed by atoms with Gasteiger partial charge in [-0.05, 0) is 113 Å². The minimum atomic E-state index is -2.13. The van der Waals surface area contributed by atoms with Crippen LogP contribution in [0.15, 0.2) is 84.5 Å². The molecule has 0 spiro atoms. The molecule has 6 rings (SSSR count). The van der Waals surface area contributed by atoms with E-state index in [1.807, 2.05) is 27.7 Å². The van der Waals surface area contributed by atoms with Gasteiger partial charge in [0.25, 0.3) is 0 Å². The number of esters is 3. The number of rotatable bonds is 9. The largest absolute Gasteiger partial charge is 0.458 e. The number of aliphatic hydroxyl groups is 1. The van der Waals surface area contributed by atoms with E-state index in [1.54, 1.807) is 74.5 Å². The maximum Gasteiger partial charge on any atom is 0.338 e. The zero-order valence-electron chi connectivity index (χ0n) is 33.8. The summed E-state index contributed by atoms with van der Waals surface area (Å²) in [6.07, 6.45) is 3.39. The van der Waals surface area contributed by atoms with Crippen LogP contribution >= 0.6 is 0 Å². The van der Waals surface area contributed by atoms with Gasteiger partial charge in [0.15, 0.2) is 17.7 Å². The summed E-state index contributed by atoms with van der Waals surface area (Å²) in [6, 6.07) is 17.0. The molecule has 56 heavy (non-hydrogen) atoms. The number of hydrogen-bond donors (Lipinski definition) is 1. The first-order valence-corrected chi connectivity index (χ1v) is 19.5. The molecule has 0 unspecified atom stereocenters. The quantitative estimate of drug-likeness (QED) is 0.120. The van der Waals surface area contributed by atoms with E-state index in [1.165, 1.54) is 26.0 Å². The maximum absolute atomic E-state index is 15.1. The number of ketones is 3. The molecule has 2 aromatic rings. The van der Waals surface area contributed by atoms with E-state index < -0.39 is 80.6 Å². The fourth-order valence-electron chi connectivity index (χ4n) is 11.1. The number of carbonyl (C=O) groups excluding carboxylic acids is 6. The normalized spacial score (nSPS) is 33.2. The van der Waals surface area contributed by atoms with Crippen molar-refractivity contribution in [3.05, 3.63) is 95.6 Å². The first-order valence-electron chi connectivity index (χ1n) is 19.5. The number of allylic oxidation sites excluding steroid dienone is 2. The second-order valence-electron chi connectivity index (χ2n) is 18.2. The topological polar surface area (TPSA) is 150 Å². The number of benzene rings is 2. The molecule has 0 aliphatic heterocycles. The molecule has 4 aliphatic carbocycles. The summed E-state index contributed by atoms with van der Waals surface area (Å²) in [5.74, 6) is -4.60. The van der Waals surface area contributed by atoms with Gasteiger partial charge in [0.05, 0.1) is 11.1 Å². The van der Waals surface area contributed by atoms with Gasteiger partial charge in [-0.1, -0.05) is 68.8 Å². The van der Waals surface area contributed by atoms with Crippen LogP contribution in [-0.4, -0.2) is 63.8 Å². The molecule has 0 amide bonds. The first kappa shape index (κ1) is 40.9. The highest BCUT2D eigenvalue weighted by Gasteiger charge is 2.75. The van der Waals surface area contributed by atoms with E-state index in [0.29, 0.717) is 17.5 Å². The Morgan fingerprint density at radius 3 is 1.93 bits per heavy atom. The van der Waals surface area contributed by atoms with Gasteiger partial charge < -0.3 is 19.3 Å². The van der Waals surface area contributed by atoms with Crippen LogP contribution in [0, 0.1) is 39.4 Å². The van der Waals surface area contributed by atoms with Crippen molar-refractivity contribution in [2.75, 3.05) is 0 Å². The predicted molar refractivity (Wildman–Crippen MR) is 207 cm³/mol. The number of carbonyl (C=O) groups is 6. The van der Waals surface area contributed by atoms with Gasteiger partial charge in [-0.3, -0.25) is 19.2 Å². The molecular formula is C46H54O10.